The summed E-state index contributed by atoms with van der Waals surface area (Å²) < 4.78 is 29.4. The lowest BCUT2D eigenvalue weighted by atomic mass is 9.75. The van der Waals surface area contributed by atoms with E-state index in [1.165, 1.54) is 22.5 Å². The molecule has 2 aliphatic rings. The molecule has 0 bridgehead atoms. The Balaban J connectivity index is 1.41. The highest BCUT2D eigenvalue weighted by Gasteiger charge is 2.45. The second-order valence-corrected chi connectivity index (χ2v) is 12.5. The summed E-state index contributed by atoms with van der Waals surface area (Å²) in [7, 11) is -3.89. The van der Waals surface area contributed by atoms with Gasteiger partial charge in [0.25, 0.3) is 10.0 Å². The number of aliphatic hydroxyl groups is 1. The maximum absolute atomic E-state index is 13.9. The summed E-state index contributed by atoms with van der Waals surface area (Å²) in [5, 5.41) is 12.3. The van der Waals surface area contributed by atoms with Crippen LogP contribution in [0.1, 0.15) is 44.1 Å². The first-order valence-corrected chi connectivity index (χ1v) is 14.9. The molecule has 1 saturated heterocycles. The van der Waals surface area contributed by atoms with E-state index in [0.29, 0.717) is 43.1 Å². The van der Waals surface area contributed by atoms with E-state index in [9.17, 15) is 13.5 Å². The Labute approximate surface area is 228 Å². The summed E-state index contributed by atoms with van der Waals surface area (Å²) in [4.78, 5) is 6.71. The van der Waals surface area contributed by atoms with E-state index in [1.807, 2.05) is 42.5 Å². The summed E-state index contributed by atoms with van der Waals surface area (Å²) in [6.07, 6.45) is 8.43. The molecule has 0 amide bonds. The smallest absolute Gasteiger partial charge is 0.264 e. The molecule has 5 rings (SSSR count). The van der Waals surface area contributed by atoms with Crippen molar-refractivity contribution in [2.24, 2.45) is 0 Å². The molecule has 1 aromatic heterocycles. The molecule has 2 heterocycles. The highest BCUT2D eigenvalue weighted by Crippen LogP contribution is 2.41. The second kappa shape index (κ2) is 10.9. The van der Waals surface area contributed by atoms with Crippen molar-refractivity contribution in [3.63, 3.8) is 0 Å². The molecule has 1 aliphatic heterocycles. The van der Waals surface area contributed by atoms with Crippen molar-refractivity contribution >= 4 is 38.9 Å². The van der Waals surface area contributed by atoms with Gasteiger partial charge in [0.15, 0.2) is 0 Å². The van der Waals surface area contributed by atoms with Crippen molar-refractivity contribution in [2.45, 2.75) is 61.1 Å². The van der Waals surface area contributed by atoms with E-state index in [-0.39, 0.29) is 22.0 Å². The van der Waals surface area contributed by atoms with Crippen LogP contribution in [0.25, 0.3) is 0 Å². The number of likely N-dealkylation sites (tertiary alicyclic amines) is 1. The SMILES string of the molecule is O=S(=O)(c1ccc(Cl)c(Cl)c1)N(c1ccccc1)C1CCN([C@@H]2CCCC[C@]2(O)c2cccnc2)CC1. The van der Waals surface area contributed by atoms with Crippen molar-refractivity contribution in [3.8, 4) is 0 Å². The molecule has 0 spiro atoms. The van der Waals surface area contributed by atoms with Gasteiger partial charge in [0.2, 0.25) is 0 Å². The van der Waals surface area contributed by atoms with Gasteiger partial charge < -0.3 is 5.11 Å². The van der Waals surface area contributed by atoms with Crippen LogP contribution in [0.4, 0.5) is 5.69 Å². The molecule has 2 atom stereocenters. The second-order valence-electron chi connectivity index (χ2n) is 9.91. The lowest BCUT2D eigenvalue weighted by Gasteiger charge is -2.49. The maximum Gasteiger partial charge on any atom is 0.264 e. The Morgan fingerprint density at radius 2 is 1.70 bits per heavy atom. The first-order chi connectivity index (χ1) is 17.8. The zero-order valence-corrected chi connectivity index (χ0v) is 22.8. The average molecular weight is 561 g/mol. The van der Waals surface area contributed by atoms with E-state index >= 15 is 0 Å². The number of pyridine rings is 1. The van der Waals surface area contributed by atoms with Gasteiger partial charge >= 0.3 is 0 Å². The Hall–Kier alpha value is -2.16. The highest BCUT2D eigenvalue weighted by atomic mass is 35.5. The van der Waals surface area contributed by atoms with E-state index in [0.717, 1.165) is 24.8 Å². The molecule has 2 fully saturated rings. The fraction of sp³-hybridized carbons (Fsp3) is 0.393. The first-order valence-electron chi connectivity index (χ1n) is 12.7. The average Bonchev–Trinajstić information content (AvgIpc) is 2.92. The molecule has 196 valence electrons. The minimum Gasteiger partial charge on any atom is -0.383 e. The number of anilines is 1. The van der Waals surface area contributed by atoms with Gasteiger partial charge in [-0.15, -0.1) is 0 Å². The van der Waals surface area contributed by atoms with Crippen LogP contribution >= 0.6 is 23.2 Å². The molecular formula is C28H31Cl2N3O3S. The number of rotatable bonds is 6. The van der Waals surface area contributed by atoms with Gasteiger partial charge in [-0.3, -0.25) is 14.2 Å². The first kappa shape index (κ1) is 26.4. The zero-order valence-electron chi connectivity index (χ0n) is 20.5. The number of benzene rings is 2. The van der Waals surface area contributed by atoms with Crippen LogP contribution in [0.2, 0.25) is 10.0 Å². The number of hydrogen-bond donors (Lipinski definition) is 1. The third-order valence-electron chi connectivity index (χ3n) is 7.73. The summed E-state index contributed by atoms with van der Waals surface area (Å²) >= 11 is 12.3. The van der Waals surface area contributed by atoms with Crippen molar-refractivity contribution in [2.75, 3.05) is 17.4 Å². The van der Waals surface area contributed by atoms with E-state index in [4.69, 9.17) is 23.2 Å². The van der Waals surface area contributed by atoms with Gasteiger partial charge in [-0.1, -0.05) is 60.3 Å². The lowest BCUT2D eigenvalue weighted by molar-refractivity contribution is -0.0851. The molecule has 9 heteroatoms. The Bertz CT molecular complexity index is 1320. The monoisotopic (exact) mass is 559 g/mol. The molecule has 3 aromatic rings. The predicted octanol–water partition coefficient (Wildman–Crippen LogP) is 5.88. The molecule has 37 heavy (non-hydrogen) atoms. The quantitative estimate of drug-likeness (QED) is 0.408. The number of sulfonamides is 1. The van der Waals surface area contributed by atoms with Crippen LogP contribution in [0.5, 0.6) is 0 Å². The van der Waals surface area contributed by atoms with Crippen LogP contribution in [0, 0.1) is 0 Å². The molecule has 2 aromatic carbocycles. The number of halogens is 2. The minimum atomic E-state index is -3.89. The van der Waals surface area contributed by atoms with Crippen LogP contribution < -0.4 is 4.31 Å². The van der Waals surface area contributed by atoms with Crippen LogP contribution in [0.3, 0.4) is 0 Å². The third-order valence-corrected chi connectivity index (χ3v) is 10.3. The van der Waals surface area contributed by atoms with Crippen LogP contribution in [-0.4, -0.2) is 48.6 Å². The van der Waals surface area contributed by atoms with E-state index in [2.05, 4.69) is 9.88 Å². The fourth-order valence-corrected chi connectivity index (χ4v) is 7.98. The number of hydrogen-bond acceptors (Lipinski definition) is 5. The number of piperidine rings is 1. The maximum atomic E-state index is 13.9. The molecule has 1 N–H and O–H groups in total. The zero-order chi connectivity index (χ0) is 26.0. The van der Waals surface area contributed by atoms with E-state index in [1.54, 1.807) is 12.4 Å². The number of aromatic nitrogens is 1. The standard InChI is InChI=1S/C28H31Cl2N3O3S/c29-25-12-11-24(19-26(25)30)37(35,36)33(22-8-2-1-3-9-22)23-13-17-32(18-14-23)27-10-4-5-15-28(27,34)21-7-6-16-31-20-21/h1-3,6-9,11-12,16,19-20,23,27,34H,4-5,10,13-15,17-18H2/t27-,28+/m1/s1. The van der Waals surface area contributed by atoms with Gasteiger partial charge in [-0.25, -0.2) is 8.42 Å². The number of nitrogens with zero attached hydrogens (tertiary/aromatic N) is 3. The number of para-hydroxylation sites is 1. The fourth-order valence-electron chi connectivity index (χ4n) is 5.88. The van der Waals surface area contributed by atoms with Gasteiger partial charge in [0.05, 0.1) is 20.6 Å². The topological polar surface area (TPSA) is 73.7 Å². The predicted molar refractivity (Wildman–Crippen MR) is 148 cm³/mol. The van der Waals surface area contributed by atoms with Gasteiger partial charge in [-0.2, -0.15) is 0 Å². The molecule has 1 saturated carbocycles. The summed E-state index contributed by atoms with van der Waals surface area (Å²) in [5.74, 6) is 0. The Morgan fingerprint density at radius 3 is 2.38 bits per heavy atom. The normalized spacial score (nSPS) is 23.6. The van der Waals surface area contributed by atoms with Gasteiger partial charge in [0, 0.05) is 43.1 Å². The Morgan fingerprint density at radius 1 is 0.946 bits per heavy atom. The molecule has 0 radical (unpaired) electrons. The third kappa shape index (κ3) is 5.25. The van der Waals surface area contributed by atoms with Crippen molar-refractivity contribution in [1.29, 1.82) is 0 Å². The molecule has 1 aliphatic carbocycles. The van der Waals surface area contributed by atoms with Crippen molar-refractivity contribution in [3.05, 3.63) is 88.7 Å². The molecule has 6 nitrogen and oxygen atoms in total. The summed E-state index contributed by atoms with van der Waals surface area (Å²) in [6, 6.07) is 17.2. The Kier molecular flexibility index (Phi) is 7.80. The van der Waals surface area contributed by atoms with Crippen LogP contribution in [-0.2, 0) is 15.6 Å². The van der Waals surface area contributed by atoms with Crippen molar-refractivity contribution < 1.29 is 13.5 Å². The summed E-state index contributed by atoms with van der Waals surface area (Å²) in [5.41, 5.74) is 0.524. The largest absolute Gasteiger partial charge is 0.383 e. The lowest BCUT2D eigenvalue weighted by Crippen LogP contribution is -2.57. The van der Waals surface area contributed by atoms with Gasteiger partial charge in [-0.05, 0) is 62.1 Å². The van der Waals surface area contributed by atoms with Crippen molar-refractivity contribution in [1.82, 2.24) is 9.88 Å². The minimum absolute atomic E-state index is 0.0248. The summed E-state index contributed by atoms with van der Waals surface area (Å²) in [6.45, 7) is 1.39. The van der Waals surface area contributed by atoms with Crippen LogP contribution in [0.15, 0.2) is 78.0 Å². The van der Waals surface area contributed by atoms with Gasteiger partial charge in [0.1, 0.15) is 5.60 Å². The molecular weight excluding hydrogens is 529 g/mol. The molecule has 0 unspecified atom stereocenters. The van der Waals surface area contributed by atoms with E-state index < -0.39 is 15.6 Å². The highest BCUT2D eigenvalue weighted by molar-refractivity contribution is 7.92.